The number of anilines is 1. The van der Waals surface area contributed by atoms with E-state index in [1.807, 2.05) is 0 Å². The van der Waals surface area contributed by atoms with Crippen molar-refractivity contribution in [1.29, 1.82) is 0 Å². The second kappa shape index (κ2) is 5.87. The number of pyridine rings is 1. The predicted molar refractivity (Wildman–Crippen MR) is 72.4 cm³/mol. The number of nitrogens with one attached hydrogen (secondary N) is 1. The van der Waals surface area contributed by atoms with Crippen LogP contribution in [0.4, 0.5) is 5.69 Å². The molecule has 0 spiro atoms. The first-order chi connectivity index (χ1) is 8.67. The number of aromatic nitrogens is 1. The van der Waals surface area contributed by atoms with Gasteiger partial charge in [-0.2, -0.15) is 0 Å². The van der Waals surface area contributed by atoms with Crippen molar-refractivity contribution >= 4 is 21.4 Å². The SMILES string of the molecule is CC(CS(C)(=O)=O)NC(=O)Cn1cc(N)ccc1=O. The van der Waals surface area contributed by atoms with Crippen LogP contribution in [0.25, 0.3) is 0 Å². The average molecular weight is 287 g/mol. The summed E-state index contributed by atoms with van der Waals surface area (Å²) in [5.41, 5.74) is 5.54. The minimum Gasteiger partial charge on any atom is -0.398 e. The summed E-state index contributed by atoms with van der Waals surface area (Å²) in [5.74, 6) is -0.589. The summed E-state index contributed by atoms with van der Waals surface area (Å²) >= 11 is 0. The zero-order valence-electron chi connectivity index (χ0n) is 10.8. The molecule has 7 nitrogen and oxygen atoms in total. The number of rotatable bonds is 5. The summed E-state index contributed by atoms with van der Waals surface area (Å²) < 4.78 is 23.3. The molecule has 106 valence electrons. The number of hydrogen-bond donors (Lipinski definition) is 2. The molecule has 0 saturated carbocycles. The molecule has 1 aromatic rings. The summed E-state index contributed by atoms with van der Waals surface area (Å²) in [6, 6.07) is 2.20. The second-order valence-electron chi connectivity index (χ2n) is 4.49. The Hall–Kier alpha value is -1.83. The fraction of sp³-hybridized carbons (Fsp3) is 0.455. The van der Waals surface area contributed by atoms with Crippen molar-refractivity contribution in [3.63, 3.8) is 0 Å². The van der Waals surface area contributed by atoms with Crippen LogP contribution in [0.15, 0.2) is 23.1 Å². The molecule has 0 saturated heterocycles. The molecular weight excluding hydrogens is 270 g/mol. The van der Waals surface area contributed by atoms with E-state index in [-0.39, 0.29) is 17.9 Å². The molecule has 1 aromatic heterocycles. The molecular formula is C11H17N3O4S. The number of sulfone groups is 1. The molecule has 1 rings (SSSR count). The fourth-order valence-electron chi connectivity index (χ4n) is 1.64. The zero-order valence-corrected chi connectivity index (χ0v) is 11.6. The lowest BCUT2D eigenvalue weighted by Crippen LogP contribution is -2.40. The Morgan fingerprint density at radius 2 is 2.11 bits per heavy atom. The number of nitrogens with zero attached hydrogens (tertiary/aromatic N) is 1. The number of nitrogens with two attached hydrogens (primary N) is 1. The Balaban J connectivity index is 2.65. The first kappa shape index (κ1) is 15.2. The third-order valence-corrected chi connectivity index (χ3v) is 3.39. The smallest absolute Gasteiger partial charge is 0.251 e. The van der Waals surface area contributed by atoms with Crippen LogP contribution in [0, 0.1) is 0 Å². The Labute approximate surface area is 111 Å². The van der Waals surface area contributed by atoms with Crippen molar-refractivity contribution in [3.05, 3.63) is 28.7 Å². The van der Waals surface area contributed by atoms with E-state index in [2.05, 4.69) is 5.32 Å². The van der Waals surface area contributed by atoms with E-state index >= 15 is 0 Å². The molecule has 0 bridgehead atoms. The van der Waals surface area contributed by atoms with Gasteiger partial charge in [-0.3, -0.25) is 9.59 Å². The summed E-state index contributed by atoms with van der Waals surface area (Å²) in [7, 11) is -3.16. The topological polar surface area (TPSA) is 111 Å². The van der Waals surface area contributed by atoms with Gasteiger partial charge in [-0.05, 0) is 13.0 Å². The van der Waals surface area contributed by atoms with E-state index in [0.29, 0.717) is 5.69 Å². The van der Waals surface area contributed by atoms with Gasteiger partial charge in [0.25, 0.3) is 5.56 Å². The lowest BCUT2D eigenvalue weighted by atomic mass is 10.3. The van der Waals surface area contributed by atoms with Crippen molar-refractivity contribution < 1.29 is 13.2 Å². The van der Waals surface area contributed by atoms with E-state index in [0.717, 1.165) is 10.8 Å². The van der Waals surface area contributed by atoms with Gasteiger partial charge in [0.1, 0.15) is 16.4 Å². The Morgan fingerprint density at radius 1 is 1.47 bits per heavy atom. The van der Waals surface area contributed by atoms with Gasteiger partial charge >= 0.3 is 0 Å². The van der Waals surface area contributed by atoms with Crippen LogP contribution < -0.4 is 16.6 Å². The molecule has 8 heteroatoms. The van der Waals surface area contributed by atoms with Crippen molar-refractivity contribution in [2.45, 2.75) is 19.5 Å². The lowest BCUT2D eigenvalue weighted by Gasteiger charge is -2.13. The van der Waals surface area contributed by atoms with E-state index in [4.69, 9.17) is 5.73 Å². The summed E-state index contributed by atoms with van der Waals surface area (Å²) in [4.78, 5) is 23.1. The van der Waals surface area contributed by atoms with Crippen LogP contribution in [0.5, 0.6) is 0 Å². The molecule has 0 aromatic carbocycles. The molecule has 19 heavy (non-hydrogen) atoms. The monoisotopic (exact) mass is 287 g/mol. The Morgan fingerprint density at radius 3 is 2.68 bits per heavy atom. The fourth-order valence-corrected chi connectivity index (χ4v) is 2.64. The Bertz CT molecular complexity index is 621. The van der Waals surface area contributed by atoms with Gasteiger partial charge in [0.05, 0.1) is 5.75 Å². The van der Waals surface area contributed by atoms with Gasteiger partial charge in [-0.1, -0.05) is 0 Å². The highest BCUT2D eigenvalue weighted by Gasteiger charge is 2.13. The largest absolute Gasteiger partial charge is 0.398 e. The van der Waals surface area contributed by atoms with E-state index in [9.17, 15) is 18.0 Å². The molecule has 0 fully saturated rings. The van der Waals surface area contributed by atoms with E-state index in [1.54, 1.807) is 6.92 Å². The molecule has 1 atom stereocenters. The van der Waals surface area contributed by atoms with Gasteiger partial charge in [0, 0.05) is 30.2 Å². The maximum Gasteiger partial charge on any atom is 0.251 e. The van der Waals surface area contributed by atoms with Crippen LogP contribution in [0.1, 0.15) is 6.92 Å². The molecule has 0 aliphatic rings. The highest BCUT2D eigenvalue weighted by Crippen LogP contribution is 1.96. The van der Waals surface area contributed by atoms with Gasteiger partial charge in [0.2, 0.25) is 5.91 Å². The number of carbonyl (C=O) groups is 1. The molecule has 1 unspecified atom stereocenters. The number of carbonyl (C=O) groups excluding carboxylic acids is 1. The van der Waals surface area contributed by atoms with Gasteiger partial charge in [-0.15, -0.1) is 0 Å². The van der Waals surface area contributed by atoms with Crippen LogP contribution in [-0.2, 0) is 21.2 Å². The third kappa shape index (κ3) is 5.56. The van der Waals surface area contributed by atoms with Crippen LogP contribution in [0.3, 0.4) is 0 Å². The predicted octanol–water partition coefficient (Wildman–Crippen LogP) is -1.02. The lowest BCUT2D eigenvalue weighted by molar-refractivity contribution is -0.122. The quantitative estimate of drug-likeness (QED) is 0.720. The minimum atomic E-state index is -3.16. The van der Waals surface area contributed by atoms with Crippen molar-refractivity contribution in [2.24, 2.45) is 0 Å². The van der Waals surface area contributed by atoms with Crippen molar-refractivity contribution in [1.82, 2.24) is 9.88 Å². The summed E-state index contributed by atoms with van der Waals surface area (Å²) in [5, 5.41) is 2.51. The van der Waals surface area contributed by atoms with Crippen molar-refractivity contribution in [2.75, 3.05) is 17.7 Å². The molecule has 1 heterocycles. The highest BCUT2D eigenvalue weighted by atomic mass is 32.2. The normalized spacial score (nSPS) is 12.9. The Kier molecular flexibility index (Phi) is 4.71. The molecule has 1 amide bonds. The van der Waals surface area contributed by atoms with Crippen LogP contribution in [-0.4, -0.2) is 36.9 Å². The maximum atomic E-state index is 11.7. The first-order valence-electron chi connectivity index (χ1n) is 5.60. The maximum absolute atomic E-state index is 11.7. The second-order valence-corrected chi connectivity index (χ2v) is 6.67. The summed E-state index contributed by atoms with van der Waals surface area (Å²) in [6.07, 6.45) is 2.46. The van der Waals surface area contributed by atoms with Crippen LogP contribution in [0.2, 0.25) is 0 Å². The summed E-state index contributed by atoms with van der Waals surface area (Å²) in [6.45, 7) is 1.39. The molecule has 0 radical (unpaired) electrons. The third-order valence-electron chi connectivity index (χ3n) is 2.28. The van der Waals surface area contributed by atoms with E-state index < -0.39 is 21.8 Å². The molecule has 0 aliphatic heterocycles. The minimum absolute atomic E-state index is 0.148. The zero-order chi connectivity index (χ0) is 14.6. The van der Waals surface area contributed by atoms with E-state index in [1.165, 1.54) is 18.3 Å². The highest BCUT2D eigenvalue weighted by molar-refractivity contribution is 7.90. The number of amides is 1. The van der Waals surface area contributed by atoms with Gasteiger partial charge in [-0.25, -0.2) is 8.42 Å². The number of hydrogen-bond acceptors (Lipinski definition) is 5. The molecule has 0 aliphatic carbocycles. The first-order valence-corrected chi connectivity index (χ1v) is 7.66. The standard InChI is InChI=1S/C11H17N3O4S/c1-8(7-19(2,17)18)13-10(15)6-14-5-9(12)3-4-11(14)16/h3-5,8H,6-7,12H2,1-2H3,(H,13,15). The number of nitrogen functional groups attached to an aromatic ring is 1. The van der Waals surface area contributed by atoms with Gasteiger partial charge < -0.3 is 15.6 Å². The van der Waals surface area contributed by atoms with Gasteiger partial charge in [0.15, 0.2) is 0 Å². The molecule has 3 N–H and O–H groups in total. The van der Waals surface area contributed by atoms with Crippen molar-refractivity contribution in [3.8, 4) is 0 Å². The van der Waals surface area contributed by atoms with Crippen LogP contribution >= 0.6 is 0 Å². The average Bonchev–Trinajstić information content (AvgIpc) is 2.20.